The molecule has 0 unspecified atom stereocenters. The minimum Gasteiger partial charge on any atom is -0.382 e. The number of nitrogens with one attached hydrogen (secondary N) is 1. The van der Waals surface area contributed by atoms with Gasteiger partial charge in [0.2, 0.25) is 6.10 Å². The quantitative estimate of drug-likeness (QED) is 0.720. The summed E-state index contributed by atoms with van der Waals surface area (Å²) >= 11 is 5.93. The molecule has 1 aliphatic rings. The number of halogens is 1. The monoisotopic (exact) mass is 394 g/mol. The van der Waals surface area contributed by atoms with Gasteiger partial charge in [-0.05, 0) is 29.3 Å². The number of oxime groups is 1. The number of rotatable bonds is 5. The van der Waals surface area contributed by atoms with Gasteiger partial charge >= 0.3 is 0 Å². The molecular formula is C21H19ClN4O2. The maximum absolute atomic E-state index is 12.9. The van der Waals surface area contributed by atoms with Crippen molar-refractivity contribution in [2.24, 2.45) is 12.2 Å². The smallest absolute Gasteiger partial charge is 0.265 e. The molecule has 0 saturated carbocycles. The predicted octanol–water partition coefficient (Wildman–Crippen LogP) is 3.47. The van der Waals surface area contributed by atoms with Gasteiger partial charge in [-0.3, -0.25) is 9.48 Å². The highest BCUT2D eigenvalue weighted by atomic mass is 35.5. The van der Waals surface area contributed by atoms with Crippen LogP contribution >= 0.6 is 11.6 Å². The molecule has 6 nitrogen and oxygen atoms in total. The van der Waals surface area contributed by atoms with Crippen molar-refractivity contribution in [2.45, 2.75) is 18.6 Å². The molecule has 28 heavy (non-hydrogen) atoms. The zero-order chi connectivity index (χ0) is 19.5. The Morgan fingerprint density at radius 1 is 1.18 bits per heavy atom. The molecule has 4 rings (SSSR count). The Morgan fingerprint density at radius 3 is 2.61 bits per heavy atom. The second-order valence-electron chi connectivity index (χ2n) is 6.58. The molecule has 0 aliphatic carbocycles. The lowest BCUT2D eigenvalue weighted by atomic mass is 10.0. The van der Waals surface area contributed by atoms with Crippen LogP contribution in [0.25, 0.3) is 0 Å². The topological polar surface area (TPSA) is 68.5 Å². The zero-order valence-electron chi connectivity index (χ0n) is 15.2. The Balaban J connectivity index is 1.50. The van der Waals surface area contributed by atoms with Gasteiger partial charge in [0, 0.05) is 24.7 Å². The molecule has 1 amide bonds. The van der Waals surface area contributed by atoms with Crippen molar-refractivity contribution in [3.63, 3.8) is 0 Å². The summed E-state index contributed by atoms with van der Waals surface area (Å²) in [6.07, 6.45) is 1.44. The average molecular weight is 395 g/mol. The number of carbonyl (C=O) groups excluding carboxylic acids is 1. The molecule has 2 atom stereocenters. The van der Waals surface area contributed by atoms with Gasteiger partial charge in [0.25, 0.3) is 5.91 Å². The number of amides is 1. The standard InChI is InChI=1S/C21H19ClN4O2/c1-26-18(11-12-23-26)20(15-5-3-2-4-6-15)24-21(27)19-13-17(25-28-19)14-7-9-16(22)10-8-14/h2-12,19-20H,13H2,1H3,(H,24,27)/t19-,20+/m1/s1. The van der Waals surface area contributed by atoms with E-state index in [4.69, 9.17) is 16.4 Å². The van der Waals surface area contributed by atoms with Gasteiger partial charge in [-0.25, -0.2) is 0 Å². The Labute approximate surface area is 167 Å². The largest absolute Gasteiger partial charge is 0.382 e. The van der Waals surface area contributed by atoms with Crippen molar-refractivity contribution in [2.75, 3.05) is 0 Å². The minimum absolute atomic E-state index is 0.220. The van der Waals surface area contributed by atoms with Crippen LogP contribution < -0.4 is 5.32 Å². The molecule has 0 bridgehead atoms. The first kappa shape index (κ1) is 18.3. The SMILES string of the molecule is Cn1nccc1[C@@H](NC(=O)[C@H]1CC(c2ccc(Cl)cc2)=NO1)c1ccccc1. The van der Waals surface area contributed by atoms with Crippen LogP contribution in [0.1, 0.15) is 29.3 Å². The van der Waals surface area contributed by atoms with Gasteiger partial charge in [0.15, 0.2) is 0 Å². The van der Waals surface area contributed by atoms with E-state index in [0.717, 1.165) is 22.5 Å². The molecule has 1 aliphatic heterocycles. The third-order valence-corrected chi connectivity index (χ3v) is 4.96. The second kappa shape index (κ2) is 7.86. The van der Waals surface area contributed by atoms with Crippen LogP contribution in [0.15, 0.2) is 72.0 Å². The lowest BCUT2D eigenvalue weighted by Crippen LogP contribution is -2.38. The Kier molecular flexibility index (Phi) is 5.12. The molecule has 142 valence electrons. The van der Waals surface area contributed by atoms with Gasteiger partial charge < -0.3 is 10.2 Å². The predicted molar refractivity (Wildman–Crippen MR) is 107 cm³/mol. The van der Waals surface area contributed by atoms with E-state index in [1.807, 2.05) is 55.6 Å². The Bertz CT molecular complexity index is 999. The molecular weight excluding hydrogens is 376 g/mol. The number of benzene rings is 2. The van der Waals surface area contributed by atoms with Crippen LogP contribution in [-0.4, -0.2) is 27.5 Å². The first-order chi connectivity index (χ1) is 13.6. The molecule has 0 fully saturated rings. The van der Waals surface area contributed by atoms with Gasteiger partial charge in [-0.1, -0.05) is 59.2 Å². The van der Waals surface area contributed by atoms with Crippen LogP contribution in [0.5, 0.6) is 0 Å². The molecule has 0 spiro atoms. The average Bonchev–Trinajstić information content (AvgIpc) is 3.37. The molecule has 0 saturated heterocycles. The lowest BCUT2D eigenvalue weighted by molar-refractivity contribution is -0.131. The van der Waals surface area contributed by atoms with Crippen LogP contribution in [0.2, 0.25) is 5.02 Å². The summed E-state index contributed by atoms with van der Waals surface area (Å²) in [5.41, 5.74) is 3.48. The third-order valence-electron chi connectivity index (χ3n) is 4.71. The number of nitrogens with zero attached hydrogens (tertiary/aromatic N) is 3. The lowest BCUT2D eigenvalue weighted by Gasteiger charge is -2.21. The molecule has 2 heterocycles. The first-order valence-electron chi connectivity index (χ1n) is 8.93. The van der Waals surface area contributed by atoms with E-state index < -0.39 is 6.10 Å². The van der Waals surface area contributed by atoms with E-state index >= 15 is 0 Å². The number of hydrogen-bond acceptors (Lipinski definition) is 4. The van der Waals surface area contributed by atoms with Gasteiger partial charge in [0.05, 0.1) is 17.4 Å². The highest BCUT2D eigenvalue weighted by molar-refractivity contribution is 6.30. The number of hydrogen-bond donors (Lipinski definition) is 1. The minimum atomic E-state index is -0.676. The van der Waals surface area contributed by atoms with E-state index in [-0.39, 0.29) is 11.9 Å². The van der Waals surface area contributed by atoms with Crippen molar-refractivity contribution < 1.29 is 9.63 Å². The maximum Gasteiger partial charge on any atom is 0.265 e. The van der Waals surface area contributed by atoms with Gasteiger partial charge in [-0.2, -0.15) is 5.10 Å². The van der Waals surface area contributed by atoms with Crippen molar-refractivity contribution in [1.82, 2.24) is 15.1 Å². The number of aromatic nitrogens is 2. The Morgan fingerprint density at radius 2 is 1.93 bits per heavy atom. The number of carbonyl (C=O) groups is 1. The van der Waals surface area contributed by atoms with Gasteiger partial charge in [0.1, 0.15) is 0 Å². The Hall–Kier alpha value is -3.12. The summed E-state index contributed by atoms with van der Waals surface area (Å²) in [7, 11) is 1.85. The summed E-state index contributed by atoms with van der Waals surface area (Å²) in [6.45, 7) is 0. The van der Waals surface area contributed by atoms with Crippen molar-refractivity contribution in [1.29, 1.82) is 0 Å². The molecule has 2 aromatic carbocycles. The van der Waals surface area contributed by atoms with Crippen molar-refractivity contribution in [3.05, 3.63) is 88.7 Å². The highest BCUT2D eigenvalue weighted by Crippen LogP contribution is 2.24. The second-order valence-corrected chi connectivity index (χ2v) is 7.01. The van der Waals surface area contributed by atoms with Crippen LogP contribution in [0.4, 0.5) is 0 Å². The summed E-state index contributed by atoms with van der Waals surface area (Å²) in [5.74, 6) is -0.220. The molecule has 1 aromatic heterocycles. The summed E-state index contributed by atoms with van der Waals surface area (Å²) in [6, 6.07) is 18.7. The normalized spacial score (nSPS) is 16.9. The summed E-state index contributed by atoms with van der Waals surface area (Å²) in [4.78, 5) is 18.3. The molecule has 0 radical (unpaired) electrons. The first-order valence-corrected chi connectivity index (χ1v) is 9.31. The summed E-state index contributed by atoms with van der Waals surface area (Å²) < 4.78 is 1.75. The van der Waals surface area contributed by atoms with Crippen LogP contribution in [0, 0.1) is 0 Å². The fraction of sp³-hybridized carbons (Fsp3) is 0.190. The van der Waals surface area contributed by atoms with Crippen molar-refractivity contribution >= 4 is 23.2 Å². The molecule has 1 N–H and O–H groups in total. The van der Waals surface area contributed by atoms with Gasteiger partial charge in [-0.15, -0.1) is 0 Å². The molecule has 7 heteroatoms. The van der Waals surface area contributed by atoms with E-state index in [1.54, 1.807) is 23.0 Å². The summed E-state index contributed by atoms with van der Waals surface area (Å²) in [5, 5.41) is 12.1. The van der Waals surface area contributed by atoms with Crippen LogP contribution in [-0.2, 0) is 16.7 Å². The molecule has 3 aromatic rings. The van der Waals surface area contributed by atoms with E-state index in [0.29, 0.717) is 11.4 Å². The number of aryl methyl sites for hydroxylation is 1. The van der Waals surface area contributed by atoms with Crippen molar-refractivity contribution in [3.8, 4) is 0 Å². The van der Waals surface area contributed by atoms with E-state index in [1.165, 1.54) is 0 Å². The maximum atomic E-state index is 12.9. The van der Waals surface area contributed by atoms with E-state index in [2.05, 4.69) is 15.6 Å². The third kappa shape index (κ3) is 3.77. The fourth-order valence-electron chi connectivity index (χ4n) is 3.21. The van der Waals surface area contributed by atoms with Crippen LogP contribution in [0.3, 0.4) is 0 Å². The van der Waals surface area contributed by atoms with E-state index in [9.17, 15) is 4.79 Å². The fourth-order valence-corrected chi connectivity index (χ4v) is 3.33. The highest BCUT2D eigenvalue weighted by Gasteiger charge is 2.31. The zero-order valence-corrected chi connectivity index (χ0v) is 16.0.